The summed E-state index contributed by atoms with van der Waals surface area (Å²) >= 11 is 1.99. The van der Waals surface area contributed by atoms with Crippen LogP contribution in [0.5, 0.6) is 0 Å². The van der Waals surface area contributed by atoms with E-state index in [1.54, 1.807) is 11.1 Å². The van der Waals surface area contributed by atoms with Crippen molar-refractivity contribution in [2.75, 3.05) is 31.1 Å². The second kappa shape index (κ2) is 7.81. The summed E-state index contributed by atoms with van der Waals surface area (Å²) in [5, 5.41) is 10.5. The van der Waals surface area contributed by atoms with Gasteiger partial charge in [-0.25, -0.2) is 4.98 Å². The van der Waals surface area contributed by atoms with E-state index in [1.165, 1.54) is 49.5 Å². The second-order valence-electron chi connectivity index (χ2n) is 8.35. The molecule has 5 rings (SSSR count). The minimum absolute atomic E-state index is 0.586. The summed E-state index contributed by atoms with van der Waals surface area (Å²) < 4.78 is 0. The molecule has 0 unspecified atom stereocenters. The highest BCUT2D eigenvalue weighted by Gasteiger charge is 2.29. The first-order chi connectivity index (χ1) is 13.8. The lowest BCUT2D eigenvalue weighted by Gasteiger charge is -2.36. The molecule has 6 heteroatoms. The molecule has 2 aromatic rings. The number of aromatic nitrogens is 2. The normalized spacial score (nSPS) is 21.6. The van der Waals surface area contributed by atoms with E-state index in [9.17, 15) is 0 Å². The van der Waals surface area contributed by atoms with Crippen molar-refractivity contribution in [3.8, 4) is 6.07 Å². The maximum absolute atomic E-state index is 9.10. The Balaban J connectivity index is 1.21. The molecule has 0 bridgehead atoms. The molecule has 2 aliphatic heterocycles. The van der Waals surface area contributed by atoms with Gasteiger partial charge in [0.15, 0.2) is 0 Å². The minimum Gasteiger partial charge on any atom is -0.370 e. The van der Waals surface area contributed by atoms with Crippen LogP contribution < -0.4 is 4.90 Å². The van der Waals surface area contributed by atoms with Crippen LogP contribution in [0.1, 0.15) is 59.2 Å². The maximum atomic E-state index is 9.10. The van der Waals surface area contributed by atoms with Gasteiger partial charge in [-0.3, -0.25) is 9.88 Å². The Hall–Kier alpha value is -1.97. The van der Waals surface area contributed by atoms with Gasteiger partial charge in [-0.05, 0) is 38.2 Å². The summed E-state index contributed by atoms with van der Waals surface area (Å²) in [7, 11) is 0. The molecule has 0 radical (unpaired) electrons. The van der Waals surface area contributed by atoms with Crippen molar-refractivity contribution in [2.45, 2.75) is 56.9 Å². The highest BCUT2D eigenvalue weighted by atomic mass is 32.1. The quantitative estimate of drug-likeness (QED) is 0.795. The number of thiazole rings is 1. The molecule has 3 aliphatic rings. The minimum atomic E-state index is 0.586. The van der Waals surface area contributed by atoms with E-state index in [2.05, 4.69) is 20.9 Å². The lowest BCUT2D eigenvalue weighted by molar-refractivity contribution is 0.133. The smallest absolute Gasteiger partial charge is 0.101 e. The molecule has 1 aliphatic carbocycles. The number of piperidine rings is 1. The molecule has 0 spiro atoms. The van der Waals surface area contributed by atoms with Crippen LogP contribution in [0.25, 0.3) is 0 Å². The fourth-order valence-electron chi connectivity index (χ4n) is 4.74. The van der Waals surface area contributed by atoms with Gasteiger partial charge in [0.25, 0.3) is 0 Å². The van der Waals surface area contributed by atoms with Crippen LogP contribution in [-0.2, 0) is 12.8 Å². The molecule has 2 fully saturated rings. The summed E-state index contributed by atoms with van der Waals surface area (Å²) in [6, 6.07) is 5.00. The van der Waals surface area contributed by atoms with Gasteiger partial charge < -0.3 is 4.90 Å². The van der Waals surface area contributed by atoms with E-state index < -0.39 is 0 Å². The van der Waals surface area contributed by atoms with Gasteiger partial charge in [-0.15, -0.1) is 11.3 Å². The average Bonchev–Trinajstić information content (AvgIpc) is 3.02. The van der Waals surface area contributed by atoms with E-state index in [-0.39, 0.29) is 0 Å². The molecule has 0 amide bonds. The third-order valence-corrected chi connectivity index (χ3v) is 8.03. The van der Waals surface area contributed by atoms with Crippen molar-refractivity contribution in [3.63, 3.8) is 0 Å². The number of hydrogen-bond donors (Lipinski definition) is 0. The van der Waals surface area contributed by atoms with Crippen LogP contribution in [0.2, 0.25) is 0 Å². The summed E-state index contributed by atoms with van der Waals surface area (Å²) in [5.41, 5.74) is 3.10. The van der Waals surface area contributed by atoms with Gasteiger partial charge in [0.1, 0.15) is 6.07 Å². The molecule has 2 aromatic heterocycles. The number of nitrogens with zero attached hydrogens (tertiary/aromatic N) is 5. The molecule has 1 saturated heterocycles. The molecule has 28 heavy (non-hydrogen) atoms. The molecular weight excluding hydrogens is 366 g/mol. The van der Waals surface area contributed by atoms with Crippen LogP contribution in [0.4, 0.5) is 5.69 Å². The van der Waals surface area contributed by atoms with Crippen LogP contribution in [-0.4, -0.2) is 47.1 Å². The zero-order valence-electron chi connectivity index (χ0n) is 16.3. The van der Waals surface area contributed by atoms with Crippen molar-refractivity contribution in [1.29, 1.82) is 5.26 Å². The van der Waals surface area contributed by atoms with Gasteiger partial charge in [0.2, 0.25) is 0 Å². The summed E-state index contributed by atoms with van der Waals surface area (Å²) in [6.45, 7) is 4.45. The Morgan fingerprint density at radius 3 is 2.61 bits per heavy atom. The number of hydrogen-bond acceptors (Lipinski definition) is 6. The van der Waals surface area contributed by atoms with E-state index in [4.69, 9.17) is 10.2 Å². The predicted molar refractivity (Wildman–Crippen MR) is 112 cm³/mol. The summed E-state index contributed by atoms with van der Waals surface area (Å²) in [6.07, 6.45) is 12.3. The predicted octanol–water partition coefficient (Wildman–Crippen LogP) is 3.75. The fraction of sp³-hybridized carbons (Fsp3) is 0.591. The molecule has 4 heterocycles. The first-order valence-electron chi connectivity index (χ1n) is 10.6. The zero-order chi connectivity index (χ0) is 18.9. The zero-order valence-corrected chi connectivity index (χ0v) is 17.1. The molecular formula is C22H27N5S. The monoisotopic (exact) mass is 393 g/mol. The molecule has 0 atom stereocenters. The first-order valence-corrected chi connectivity index (χ1v) is 11.4. The van der Waals surface area contributed by atoms with Crippen molar-refractivity contribution >= 4 is 17.0 Å². The lowest BCUT2D eigenvalue weighted by atomic mass is 9.91. The summed E-state index contributed by atoms with van der Waals surface area (Å²) in [4.78, 5) is 15.9. The average molecular weight is 394 g/mol. The highest BCUT2D eigenvalue weighted by molar-refractivity contribution is 7.11. The highest BCUT2D eigenvalue weighted by Crippen LogP contribution is 2.36. The van der Waals surface area contributed by atoms with Crippen LogP contribution in [0.15, 0.2) is 18.5 Å². The van der Waals surface area contributed by atoms with Crippen LogP contribution in [0.3, 0.4) is 0 Å². The van der Waals surface area contributed by atoms with Gasteiger partial charge in [0.05, 0.1) is 28.1 Å². The van der Waals surface area contributed by atoms with E-state index in [0.717, 1.165) is 44.1 Å². The Bertz CT molecular complexity index is 848. The number of fused-ring (bicyclic) bond motifs is 1. The number of nitriles is 1. The van der Waals surface area contributed by atoms with Crippen molar-refractivity contribution in [2.24, 2.45) is 0 Å². The topological polar surface area (TPSA) is 56.1 Å². The van der Waals surface area contributed by atoms with Gasteiger partial charge >= 0.3 is 0 Å². The SMILES string of the molecule is N#Cc1cncc(N2CCC(c3nc4c(s3)CCN(C3CCC3)CC4)CC2)c1. The fourth-order valence-corrected chi connectivity index (χ4v) is 6.01. The molecule has 0 N–H and O–H groups in total. The number of pyridine rings is 1. The Morgan fingerprint density at radius 2 is 1.86 bits per heavy atom. The van der Waals surface area contributed by atoms with Crippen molar-refractivity contribution < 1.29 is 0 Å². The van der Waals surface area contributed by atoms with Gasteiger partial charge in [-0.2, -0.15) is 5.26 Å². The maximum Gasteiger partial charge on any atom is 0.101 e. The largest absolute Gasteiger partial charge is 0.370 e. The third kappa shape index (κ3) is 3.54. The second-order valence-corrected chi connectivity index (χ2v) is 9.46. The Kier molecular flexibility index (Phi) is 5.04. The van der Waals surface area contributed by atoms with Crippen LogP contribution >= 0.6 is 11.3 Å². The molecule has 0 aromatic carbocycles. The van der Waals surface area contributed by atoms with E-state index in [1.807, 2.05) is 23.6 Å². The summed E-state index contributed by atoms with van der Waals surface area (Å²) in [5.74, 6) is 0.586. The number of anilines is 1. The van der Waals surface area contributed by atoms with Crippen molar-refractivity contribution in [1.82, 2.24) is 14.9 Å². The van der Waals surface area contributed by atoms with E-state index in [0.29, 0.717) is 11.5 Å². The molecule has 1 saturated carbocycles. The molecule has 5 nitrogen and oxygen atoms in total. The van der Waals surface area contributed by atoms with Crippen molar-refractivity contribution in [3.05, 3.63) is 39.6 Å². The standard InChI is InChI=1S/C22H27N5S/c23-13-16-12-19(15-24-14-16)27-8-4-17(5-9-27)22-25-20-6-10-26(18-2-1-3-18)11-7-21(20)28-22/h12,14-15,17-18H,1-11H2. The molecule has 146 valence electrons. The lowest BCUT2D eigenvalue weighted by Crippen LogP contribution is -2.41. The third-order valence-electron chi connectivity index (χ3n) is 6.71. The number of rotatable bonds is 3. The van der Waals surface area contributed by atoms with Crippen LogP contribution in [0, 0.1) is 11.3 Å². The Morgan fingerprint density at radius 1 is 1.04 bits per heavy atom. The Labute approximate surface area is 171 Å². The first kappa shape index (κ1) is 18.1. The van der Waals surface area contributed by atoms with Gasteiger partial charge in [0, 0.05) is 55.6 Å². The van der Waals surface area contributed by atoms with Gasteiger partial charge in [-0.1, -0.05) is 6.42 Å². The van der Waals surface area contributed by atoms with E-state index >= 15 is 0 Å².